The number of carbonyl (C=O) groups excluding carboxylic acids is 1. The molecule has 1 amide bonds. The molecule has 0 spiro atoms. The van der Waals surface area contributed by atoms with Gasteiger partial charge in [-0.3, -0.25) is 4.79 Å². The normalized spacial score (nSPS) is 14.3. The van der Waals surface area contributed by atoms with E-state index in [4.69, 9.17) is 4.74 Å². The molecule has 0 radical (unpaired) electrons. The molecular weight excluding hydrogens is 306 g/mol. The highest BCUT2D eigenvalue weighted by Crippen LogP contribution is 2.22. The zero-order chi connectivity index (χ0) is 16.9. The maximum atomic E-state index is 11.1. The Morgan fingerprint density at radius 3 is 2.50 bits per heavy atom. The number of aryl methyl sites for hydroxylation is 1. The molecule has 2 N–H and O–H groups in total. The van der Waals surface area contributed by atoms with Crippen LogP contribution >= 0.6 is 0 Å². The van der Waals surface area contributed by atoms with Gasteiger partial charge in [-0.05, 0) is 31.2 Å². The zero-order valence-electron chi connectivity index (χ0n) is 13.9. The molecule has 7 nitrogen and oxygen atoms in total. The smallest absolute Gasteiger partial charge is 0.227 e. The quantitative estimate of drug-likeness (QED) is 0.897. The van der Waals surface area contributed by atoms with Crippen LogP contribution in [0.3, 0.4) is 0 Å². The molecule has 2 aromatic rings. The number of nitrogens with zero attached hydrogens (tertiary/aromatic N) is 3. The Bertz CT molecular complexity index is 711. The number of anilines is 4. The molecule has 1 saturated heterocycles. The summed E-state index contributed by atoms with van der Waals surface area (Å²) < 4.78 is 5.37. The van der Waals surface area contributed by atoms with Crippen LogP contribution in [-0.2, 0) is 9.53 Å². The molecule has 0 saturated carbocycles. The summed E-state index contributed by atoms with van der Waals surface area (Å²) in [5.41, 5.74) is 2.64. The van der Waals surface area contributed by atoms with Crippen LogP contribution in [-0.4, -0.2) is 42.2 Å². The number of nitrogens with one attached hydrogen (secondary N) is 2. The van der Waals surface area contributed by atoms with Crippen molar-refractivity contribution in [1.82, 2.24) is 9.97 Å². The molecule has 0 aliphatic carbocycles. The number of morpholine rings is 1. The molecule has 1 aliphatic heterocycles. The van der Waals surface area contributed by atoms with E-state index >= 15 is 0 Å². The number of hydrogen-bond donors (Lipinski definition) is 2. The van der Waals surface area contributed by atoms with Crippen molar-refractivity contribution in [1.29, 1.82) is 0 Å². The predicted octanol–water partition coefficient (Wildman–Crippen LogP) is 2.32. The van der Waals surface area contributed by atoms with Gasteiger partial charge in [0.05, 0.1) is 13.2 Å². The average molecular weight is 327 g/mol. The van der Waals surface area contributed by atoms with Gasteiger partial charge in [0.15, 0.2) is 0 Å². The fraction of sp³-hybridized carbons (Fsp3) is 0.353. The first-order valence-electron chi connectivity index (χ1n) is 7.93. The van der Waals surface area contributed by atoms with Crippen LogP contribution in [0.1, 0.15) is 12.5 Å². The molecule has 24 heavy (non-hydrogen) atoms. The summed E-state index contributed by atoms with van der Waals surface area (Å²) in [5, 5.41) is 6.06. The summed E-state index contributed by atoms with van der Waals surface area (Å²) in [6, 6.07) is 7.51. The highest BCUT2D eigenvalue weighted by atomic mass is 16.5. The average Bonchev–Trinajstić information content (AvgIpc) is 2.59. The van der Waals surface area contributed by atoms with E-state index in [0.29, 0.717) is 19.2 Å². The third-order valence-corrected chi connectivity index (χ3v) is 3.72. The van der Waals surface area contributed by atoms with Crippen molar-refractivity contribution < 1.29 is 9.53 Å². The van der Waals surface area contributed by atoms with Crippen LogP contribution in [0.2, 0.25) is 0 Å². The van der Waals surface area contributed by atoms with Gasteiger partial charge in [-0.25, -0.2) is 4.98 Å². The van der Waals surface area contributed by atoms with Gasteiger partial charge in [0.25, 0.3) is 0 Å². The lowest BCUT2D eigenvalue weighted by Gasteiger charge is -2.27. The summed E-state index contributed by atoms with van der Waals surface area (Å²) in [5.74, 6) is 1.40. The number of hydrogen-bond acceptors (Lipinski definition) is 6. The summed E-state index contributed by atoms with van der Waals surface area (Å²) in [4.78, 5) is 22.2. The van der Waals surface area contributed by atoms with Crippen molar-refractivity contribution in [3.8, 4) is 0 Å². The molecular formula is C17H21N5O2. The van der Waals surface area contributed by atoms with E-state index in [1.54, 1.807) is 0 Å². The standard InChI is InChI=1S/C17H21N5O2/c1-12-11-18-17(22-7-9-24-10-8-22)21-16(12)20-15-5-3-14(4-6-15)19-13(2)23/h3-6,11H,7-10H2,1-2H3,(H,19,23)(H,18,20,21). The van der Waals surface area contributed by atoms with E-state index in [-0.39, 0.29) is 5.91 Å². The van der Waals surface area contributed by atoms with Gasteiger partial charge < -0.3 is 20.3 Å². The third kappa shape index (κ3) is 3.99. The summed E-state index contributed by atoms with van der Waals surface area (Å²) in [7, 11) is 0. The molecule has 126 valence electrons. The van der Waals surface area contributed by atoms with E-state index in [9.17, 15) is 4.79 Å². The zero-order valence-corrected chi connectivity index (χ0v) is 13.9. The monoisotopic (exact) mass is 327 g/mol. The minimum absolute atomic E-state index is 0.0856. The van der Waals surface area contributed by atoms with Crippen molar-refractivity contribution in [2.24, 2.45) is 0 Å². The molecule has 1 fully saturated rings. The second-order valence-corrected chi connectivity index (χ2v) is 5.68. The number of rotatable bonds is 4. The fourth-order valence-corrected chi connectivity index (χ4v) is 2.45. The maximum absolute atomic E-state index is 11.1. The molecule has 0 unspecified atom stereocenters. The van der Waals surface area contributed by atoms with Crippen molar-refractivity contribution in [2.45, 2.75) is 13.8 Å². The van der Waals surface area contributed by atoms with Crippen LogP contribution in [0, 0.1) is 6.92 Å². The number of benzene rings is 1. The van der Waals surface area contributed by atoms with E-state index in [1.165, 1.54) is 6.92 Å². The number of carbonyl (C=O) groups is 1. The number of amides is 1. The number of ether oxygens (including phenoxy) is 1. The first-order valence-corrected chi connectivity index (χ1v) is 7.93. The largest absolute Gasteiger partial charge is 0.378 e. The molecule has 1 aliphatic rings. The van der Waals surface area contributed by atoms with Crippen LogP contribution in [0.4, 0.5) is 23.1 Å². The van der Waals surface area contributed by atoms with E-state index in [2.05, 4.69) is 25.5 Å². The minimum Gasteiger partial charge on any atom is -0.378 e. The fourth-order valence-electron chi connectivity index (χ4n) is 2.45. The minimum atomic E-state index is -0.0856. The van der Waals surface area contributed by atoms with Gasteiger partial charge in [-0.15, -0.1) is 0 Å². The van der Waals surface area contributed by atoms with Crippen molar-refractivity contribution in [3.05, 3.63) is 36.0 Å². The maximum Gasteiger partial charge on any atom is 0.227 e. The highest BCUT2D eigenvalue weighted by Gasteiger charge is 2.15. The SMILES string of the molecule is CC(=O)Nc1ccc(Nc2nc(N3CCOCC3)ncc2C)cc1. The lowest BCUT2D eigenvalue weighted by atomic mass is 10.2. The molecule has 0 atom stereocenters. The lowest BCUT2D eigenvalue weighted by molar-refractivity contribution is -0.114. The topological polar surface area (TPSA) is 79.4 Å². The van der Waals surface area contributed by atoms with Crippen molar-refractivity contribution >= 4 is 29.0 Å². The van der Waals surface area contributed by atoms with E-state index in [1.807, 2.05) is 37.4 Å². The Morgan fingerprint density at radius 2 is 1.83 bits per heavy atom. The molecule has 1 aromatic carbocycles. The van der Waals surface area contributed by atoms with Crippen molar-refractivity contribution in [3.63, 3.8) is 0 Å². The van der Waals surface area contributed by atoms with Crippen LogP contribution in [0.5, 0.6) is 0 Å². The third-order valence-electron chi connectivity index (χ3n) is 3.72. The van der Waals surface area contributed by atoms with Crippen LogP contribution < -0.4 is 15.5 Å². The number of aromatic nitrogens is 2. The Balaban J connectivity index is 1.75. The van der Waals surface area contributed by atoms with Gasteiger partial charge in [-0.1, -0.05) is 0 Å². The summed E-state index contributed by atoms with van der Waals surface area (Å²) >= 11 is 0. The van der Waals surface area contributed by atoms with Gasteiger partial charge in [0.2, 0.25) is 11.9 Å². The summed E-state index contributed by atoms with van der Waals surface area (Å²) in [6.07, 6.45) is 1.83. The van der Waals surface area contributed by atoms with E-state index < -0.39 is 0 Å². The van der Waals surface area contributed by atoms with Gasteiger partial charge in [-0.2, -0.15) is 4.98 Å². The molecule has 0 bridgehead atoms. The summed E-state index contributed by atoms with van der Waals surface area (Å²) in [6.45, 7) is 6.46. The van der Waals surface area contributed by atoms with Crippen LogP contribution in [0.25, 0.3) is 0 Å². The van der Waals surface area contributed by atoms with E-state index in [0.717, 1.165) is 35.8 Å². The predicted molar refractivity (Wildman–Crippen MR) is 93.8 cm³/mol. The first kappa shape index (κ1) is 16.2. The highest BCUT2D eigenvalue weighted by molar-refractivity contribution is 5.88. The molecule has 1 aromatic heterocycles. The van der Waals surface area contributed by atoms with Crippen LogP contribution in [0.15, 0.2) is 30.5 Å². The Morgan fingerprint density at radius 1 is 1.17 bits per heavy atom. The molecule has 2 heterocycles. The lowest BCUT2D eigenvalue weighted by Crippen LogP contribution is -2.37. The first-order chi connectivity index (χ1) is 11.6. The van der Waals surface area contributed by atoms with Gasteiger partial charge >= 0.3 is 0 Å². The Hall–Kier alpha value is -2.67. The second kappa shape index (κ2) is 7.27. The Kier molecular flexibility index (Phi) is 4.90. The van der Waals surface area contributed by atoms with Crippen molar-refractivity contribution in [2.75, 3.05) is 41.8 Å². The molecule has 7 heteroatoms. The van der Waals surface area contributed by atoms with Gasteiger partial charge in [0.1, 0.15) is 5.82 Å². The van der Waals surface area contributed by atoms with Gasteiger partial charge in [0, 0.05) is 43.1 Å². The Labute approximate surface area is 141 Å². The second-order valence-electron chi connectivity index (χ2n) is 5.68. The molecule has 3 rings (SSSR count).